The van der Waals surface area contributed by atoms with Gasteiger partial charge in [-0.1, -0.05) is 24.3 Å². The van der Waals surface area contributed by atoms with Gasteiger partial charge in [-0.05, 0) is 29.3 Å². The Morgan fingerprint density at radius 2 is 2.09 bits per heavy atom. The van der Waals surface area contributed by atoms with Crippen molar-refractivity contribution >= 4 is 16.9 Å². The van der Waals surface area contributed by atoms with Crippen LogP contribution >= 0.6 is 0 Å². The SMILES string of the molecule is Cn1ccc2ccc(C(=O)N[C@@H]3c4ccccc4C[C@H]3O)nc21. The van der Waals surface area contributed by atoms with Crippen molar-refractivity contribution < 1.29 is 9.90 Å². The van der Waals surface area contributed by atoms with Crippen LogP contribution in [0, 0.1) is 0 Å². The quantitative estimate of drug-likeness (QED) is 0.760. The average molecular weight is 307 g/mol. The molecule has 2 N–H and O–H groups in total. The molecule has 0 saturated carbocycles. The van der Waals surface area contributed by atoms with Gasteiger partial charge in [0, 0.05) is 25.1 Å². The molecule has 5 nitrogen and oxygen atoms in total. The smallest absolute Gasteiger partial charge is 0.270 e. The largest absolute Gasteiger partial charge is 0.390 e. The maximum Gasteiger partial charge on any atom is 0.270 e. The van der Waals surface area contributed by atoms with E-state index in [-0.39, 0.29) is 11.9 Å². The second-order valence-electron chi connectivity index (χ2n) is 5.96. The highest BCUT2D eigenvalue weighted by atomic mass is 16.3. The van der Waals surface area contributed by atoms with E-state index in [9.17, 15) is 9.90 Å². The summed E-state index contributed by atoms with van der Waals surface area (Å²) in [6.07, 6.45) is 1.87. The Bertz CT molecular complexity index is 900. The number of hydrogen-bond donors (Lipinski definition) is 2. The monoisotopic (exact) mass is 307 g/mol. The number of benzene rings is 1. The van der Waals surface area contributed by atoms with Gasteiger partial charge in [-0.3, -0.25) is 4.79 Å². The summed E-state index contributed by atoms with van der Waals surface area (Å²) in [6.45, 7) is 0. The highest BCUT2D eigenvalue weighted by Crippen LogP contribution is 2.31. The Kier molecular flexibility index (Phi) is 3.16. The summed E-state index contributed by atoms with van der Waals surface area (Å²) in [4.78, 5) is 17.0. The third kappa shape index (κ3) is 2.29. The molecule has 1 aliphatic carbocycles. The van der Waals surface area contributed by atoms with Crippen molar-refractivity contribution in [2.24, 2.45) is 7.05 Å². The molecule has 3 aromatic rings. The van der Waals surface area contributed by atoms with Crippen molar-refractivity contribution in [1.82, 2.24) is 14.9 Å². The molecule has 0 spiro atoms. The summed E-state index contributed by atoms with van der Waals surface area (Å²) in [5.41, 5.74) is 3.19. The average Bonchev–Trinajstić information content (AvgIpc) is 3.08. The van der Waals surface area contributed by atoms with E-state index < -0.39 is 6.10 Å². The van der Waals surface area contributed by atoms with Gasteiger partial charge in [-0.2, -0.15) is 0 Å². The Labute approximate surface area is 133 Å². The number of carbonyl (C=O) groups excluding carboxylic acids is 1. The van der Waals surface area contributed by atoms with E-state index in [2.05, 4.69) is 10.3 Å². The molecule has 4 rings (SSSR count). The van der Waals surface area contributed by atoms with Crippen LogP contribution in [0.15, 0.2) is 48.7 Å². The third-order valence-corrected chi connectivity index (χ3v) is 4.44. The minimum absolute atomic E-state index is 0.270. The van der Waals surface area contributed by atoms with Gasteiger partial charge in [0.15, 0.2) is 0 Å². The highest BCUT2D eigenvalue weighted by Gasteiger charge is 2.32. The zero-order chi connectivity index (χ0) is 16.0. The number of fused-ring (bicyclic) bond motifs is 2. The van der Waals surface area contributed by atoms with Gasteiger partial charge in [0.05, 0.1) is 12.1 Å². The Hall–Kier alpha value is -2.66. The molecule has 0 aliphatic heterocycles. The fourth-order valence-electron chi connectivity index (χ4n) is 3.22. The summed E-state index contributed by atoms with van der Waals surface area (Å²) in [7, 11) is 1.90. The van der Waals surface area contributed by atoms with Gasteiger partial charge in [-0.15, -0.1) is 0 Å². The van der Waals surface area contributed by atoms with E-state index in [0.29, 0.717) is 12.1 Å². The van der Waals surface area contributed by atoms with Gasteiger partial charge in [0.1, 0.15) is 11.3 Å². The predicted molar refractivity (Wildman–Crippen MR) is 87.1 cm³/mol. The lowest BCUT2D eigenvalue weighted by molar-refractivity contribution is 0.0853. The van der Waals surface area contributed by atoms with E-state index in [1.165, 1.54) is 0 Å². The van der Waals surface area contributed by atoms with E-state index in [1.807, 2.05) is 54.2 Å². The molecule has 0 bridgehead atoms. The molecule has 1 aromatic carbocycles. The predicted octanol–water partition coefficient (Wildman–Crippen LogP) is 1.96. The minimum atomic E-state index is -0.602. The van der Waals surface area contributed by atoms with Crippen LogP contribution in [0.4, 0.5) is 0 Å². The molecule has 23 heavy (non-hydrogen) atoms. The molecule has 2 heterocycles. The molecule has 0 unspecified atom stereocenters. The second kappa shape index (κ2) is 5.21. The van der Waals surface area contributed by atoms with E-state index in [4.69, 9.17) is 0 Å². The van der Waals surface area contributed by atoms with Crippen LogP contribution in [0.2, 0.25) is 0 Å². The fourth-order valence-corrected chi connectivity index (χ4v) is 3.22. The van der Waals surface area contributed by atoms with Crippen molar-refractivity contribution in [1.29, 1.82) is 0 Å². The molecule has 2 atom stereocenters. The van der Waals surface area contributed by atoms with E-state index in [1.54, 1.807) is 6.07 Å². The van der Waals surface area contributed by atoms with E-state index >= 15 is 0 Å². The maximum absolute atomic E-state index is 12.5. The first-order chi connectivity index (χ1) is 11.1. The number of pyridine rings is 1. The second-order valence-corrected chi connectivity index (χ2v) is 5.96. The Morgan fingerprint density at radius 1 is 1.26 bits per heavy atom. The number of rotatable bonds is 2. The summed E-state index contributed by atoms with van der Waals surface area (Å²) >= 11 is 0. The number of aromatic nitrogens is 2. The number of aryl methyl sites for hydroxylation is 1. The Balaban J connectivity index is 1.63. The first-order valence-electron chi connectivity index (χ1n) is 7.62. The van der Waals surface area contributed by atoms with Crippen LogP contribution in [0.1, 0.15) is 27.7 Å². The van der Waals surface area contributed by atoms with Gasteiger partial charge < -0.3 is 15.0 Å². The van der Waals surface area contributed by atoms with Crippen LogP contribution in [0.3, 0.4) is 0 Å². The Morgan fingerprint density at radius 3 is 2.96 bits per heavy atom. The highest BCUT2D eigenvalue weighted by molar-refractivity contribution is 5.94. The molecular weight excluding hydrogens is 290 g/mol. The van der Waals surface area contributed by atoms with Gasteiger partial charge >= 0.3 is 0 Å². The van der Waals surface area contributed by atoms with Crippen molar-refractivity contribution in [2.75, 3.05) is 0 Å². The first kappa shape index (κ1) is 14.0. The van der Waals surface area contributed by atoms with Crippen molar-refractivity contribution in [2.45, 2.75) is 18.6 Å². The number of aliphatic hydroxyl groups excluding tert-OH is 1. The van der Waals surface area contributed by atoms with Gasteiger partial charge in [0.25, 0.3) is 5.91 Å². The van der Waals surface area contributed by atoms with Crippen molar-refractivity contribution in [3.05, 3.63) is 65.5 Å². The fraction of sp³-hybridized carbons (Fsp3) is 0.222. The number of aliphatic hydroxyl groups is 1. The summed E-state index contributed by atoms with van der Waals surface area (Å²) in [6, 6.07) is 13.0. The minimum Gasteiger partial charge on any atom is -0.390 e. The standard InChI is InChI=1S/C18H17N3O2/c1-21-9-8-11-6-7-14(19-17(11)21)18(23)20-16-13-5-3-2-4-12(13)10-15(16)22/h2-9,15-16,22H,10H2,1H3,(H,20,23)/t15-,16-/m1/s1. The number of nitrogens with zero attached hydrogens (tertiary/aromatic N) is 2. The molecule has 0 radical (unpaired) electrons. The molecule has 0 saturated heterocycles. The molecule has 0 fully saturated rings. The number of carbonyl (C=O) groups is 1. The molecular formula is C18H17N3O2. The number of nitrogens with one attached hydrogen (secondary N) is 1. The molecule has 1 aliphatic rings. The van der Waals surface area contributed by atoms with Crippen LogP contribution in [0.5, 0.6) is 0 Å². The molecule has 5 heteroatoms. The van der Waals surface area contributed by atoms with Crippen LogP contribution < -0.4 is 5.32 Å². The van der Waals surface area contributed by atoms with Crippen molar-refractivity contribution in [3.63, 3.8) is 0 Å². The first-order valence-corrected chi connectivity index (χ1v) is 7.62. The van der Waals surface area contributed by atoms with Gasteiger partial charge in [0.2, 0.25) is 0 Å². The molecule has 116 valence electrons. The lowest BCUT2D eigenvalue weighted by Gasteiger charge is -2.17. The number of amides is 1. The summed E-state index contributed by atoms with van der Waals surface area (Å²) in [5.74, 6) is -0.270. The summed E-state index contributed by atoms with van der Waals surface area (Å²) < 4.78 is 1.88. The lowest BCUT2D eigenvalue weighted by Crippen LogP contribution is -2.34. The van der Waals surface area contributed by atoms with Crippen molar-refractivity contribution in [3.8, 4) is 0 Å². The van der Waals surface area contributed by atoms with Gasteiger partial charge in [-0.25, -0.2) is 4.98 Å². The summed E-state index contributed by atoms with van der Waals surface area (Å²) in [5, 5.41) is 14.2. The third-order valence-electron chi connectivity index (χ3n) is 4.44. The topological polar surface area (TPSA) is 67.2 Å². The molecule has 1 amide bonds. The normalized spacial score (nSPS) is 19.7. The zero-order valence-corrected chi connectivity index (χ0v) is 12.7. The number of hydrogen-bond acceptors (Lipinski definition) is 3. The van der Waals surface area contributed by atoms with Crippen LogP contribution in [-0.2, 0) is 13.5 Å². The van der Waals surface area contributed by atoms with E-state index in [0.717, 1.165) is 22.2 Å². The van der Waals surface area contributed by atoms with Crippen LogP contribution in [0.25, 0.3) is 11.0 Å². The van der Waals surface area contributed by atoms with Crippen LogP contribution in [-0.4, -0.2) is 26.7 Å². The molecule has 2 aromatic heterocycles. The zero-order valence-electron chi connectivity index (χ0n) is 12.7. The maximum atomic E-state index is 12.5. The lowest BCUT2D eigenvalue weighted by atomic mass is 10.1.